The summed E-state index contributed by atoms with van der Waals surface area (Å²) in [4.78, 5) is 69.3. The van der Waals surface area contributed by atoms with E-state index in [-0.39, 0.29) is 42.4 Å². The number of fused-ring (bicyclic) bond motifs is 1. The zero-order valence-corrected chi connectivity index (χ0v) is 31.8. The van der Waals surface area contributed by atoms with Gasteiger partial charge < -0.3 is 26.2 Å². The topological polar surface area (TPSA) is 171 Å². The molecule has 1 saturated heterocycles. The average Bonchev–Trinajstić information content (AvgIpc) is 3.30. The van der Waals surface area contributed by atoms with Gasteiger partial charge in [0.05, 0.1) is 22.1 Å². The smallest absolute Gasteiger partial charge is 0.315 e. The highest BCUT2D eigenvalue weighted by molar-refractivity contribution is 7.92. The number of urea groups is 1. The van der Waals surface area contributed by atoms with Crippen molar-refractivity contribution < 1.29 is 32.4 Å². The van der Waals surface area contributed by atoms with Gasteiger partial charge in [-0.05, 0) is 69.1 Å². The number of hydrogen-bond acceptors (Lipinski definition) is 7. The number of sulfone groups is 1. The van der Waals surface area contributed by atoms with Crippen molar-refractivity contribution in [3.05, 3.63) is 0 Å². The van der Waals surface area contributed by atoms with Crippen LogP contribution in [-0.4, -0.2) is 90.1 Å². The maximum absolute atomic E-state index is 14.4. The fourth-order valence-electron chi connectivity index (χ4n) is 7.39. The second kappa shape index (κ2) is 15.0. The van der Waals surface area contributed by atoms with Gasteiger partial charge in [-0.15, -0.1) is 12.3 Å². The summed E-state index contributed by atoms with van der Waals surface area (Å²) in [5, 5.41) is 11.2. The molecule has 0 radical (unpaired) electrons. The van der Waals surface area contributed by atoms with E-state index < -0.39 is 73.2 Å². The van der Waals surface area contributed by atoms with Gasteiger partial charge in [0.15, 0.2) is 9.84 Å². The van der Waals surface area contributed by atoms with E-state index in [1.54, 1.807) is 20.8 Å². The molecule has 49 heavy (non-hydrogen) atoms. The molecule has 12 nitrogen and oxygen atoms in total. The number of rotatable bonds is 13. The SMILES string of the molecule is C#CCCC(NC(=O)[C@@H]1[C@@H]2[C@H](CN1C(=O)[C@@H](NC(=O)NC1(CS(=O)(=O)C(C)(C)C)CCCCC1)C(C)(C)C)C2(C)C)C(=O)C(=O)NCCC. The van der Waals surface area contributed by atoms with Gasteiger partial charge in [0.2, 0.25) is 17.6 Å². The van der Waals surface area contributed by atoms with Crippen molar-refractivity contribution in [2.24, 2.45) is 22.7 Å². The highest BCUT2D eigenvalue weighted by Crippen LogP contribution is 2.65. The van der Waals surface area contributed by atoms with Gasteiger partial charge in [-0.1, -0.05) is 60.8 Å². The second-order valence-corrected chi connectivity index (χ2v) is 19.7. The molecule has 4 N–H and O–H groups in total. The number of Topliss-reactive ketones (excluding diaryl/α,β-unsaturated/α-hetero) is 1. The Morgan fingerprint density at radius 2 is 1.59 bits per heavy atom. The van der Waals surface area contributed by atoms with Crippen LogP contribution in [0.15, 0.2) is 0 Å². The third kappa shape index (κ3) is 9.16. The Hall–Kier alpha value is -3.14. The summed E-state index contributed by atoms with van der Waals surface area (Å²) in [6.07, 6.45) is 9.81. The standard InChI is InChI=1S/C36H59N5O7S/c1-11-13-17-24(27(42)30(44)37-20-12-2)38-29(43)26-25-23(35(25,9)10)21-41(26)31(45)28(33(3,4)5)39-32(46)40-36(18-15-14-16-19-36)22-49(47,48)34(6,7)8/h1,23-26,28H,12-22H2,2-10H3,(H,37,44)(H,38,43)(H2,39,40,46)/t23-,24?,25-,26-,28+/m0/s1. The lowest BCUT2D eigenvalue weighted by Crippen LogP contribution is -2.64. The number of terminal acetylenes is 1. The lowest BCUT2D eigenvalue weighted by atomic mass is 9.83. The molecule has 2 aliphatic carbocycles. The molecule has 13 heteroatoms. The van der Waals surface area contributed by atoms with Crippen molar-refractivity contribution >= 4 is 39.4 Å². The second-order valence-electron chi connectivity index (χ2n) is 16.9. The number of nitrogens with zero attached hydrogens (tertiary/aromatic N) is 1. The molecule has 0 aromatic rings. The number of nitrogens with one attached hydrogen (secondary N) is 4. The Morgan fingerprint density at radius 3 is 2.12 bits per heavy atom. The van der Waals surface area contributed by atoms with E-state index >= 15 is 0 Å². The van der Waals surface area contributed by atoms with E-state index in [0.29, 0.717) is 25.8 Å². The predicted molar refractivity (Wildman–Crippen MR) is 189 cm³/mol. The van der Waals surface area contributed by atoms with Crippen molar-refractivity contribution in [1.82, 2.24) is 26.2 Å². The Bertz CT molecular complexity index is 1430. The van der Waals surface area contributed by atoms with E-state index in [9.17, 15) is 32.4 Å². The summed E-state index contributed by atoms with van der Waals surface area (Å²) in [6.45, 7) is 16.9. The van der Waals surface area contributed by atoms with E-state index in [2.05, 4.69) is 27.2 Å². The van der Waals surface area contributed by atoms with Crippen molar-refractivity contribution in [1.29, 1.82) is 0 Å². The summed E-state index contributed by atoms with van der Waals surface area (Å²) in [7, 11) is -3.57. The van der Waals surface area contributed by atoms with Crippen molar-refractivity contribution in [3.63, 3.8) is 0 Å². The maximum Gasteiger partial charge on any atom is 0.315 e. The third-order valence-electron chi connectivity index (χ3n) is 10.7. The summed E-state index contributed by atoms with van der Waals surface area (Å²) in [5.74, 6) is -0.489. The zero-order valence-electron chi connectivity index (χ0n) is 31.0. The molecule has 5 amide bonds. The predicted octanol–water partition coefficient (Wildman–Crippen LogP) is 3.09. The fourth-order valence-corrected chi connectivity index (χ4v) is 8.91. The normalized spacial score (nSPS) is 24.0. The fraction of sp³-hybridized carbons (Fsp3) is 0.806. The molecule has 0 aromatic heterocycles. The van der Waals surface area contributed by atoms with Crippen LogP contribution in [0.3, 0.4) is 0 Å². The van der Waals surface area contributed by atoms with Crippen LogP contribution >= 0.6 is 0 Å². The van der Waals surface area contributed by atoms with Crippen LogP contribution in [-0.2, 0) is 29.0 Å². The first-order chi connectivity index (χ1) is 22.5. The minimum absolute atomic E-state index is 0.0301. The molecule has 1 heterocycles. The quantitative estimate of drug-likeness (QED) is 0.169. The van der Waals surface area contributed by atoms with Crippen LogP contribution in [0.25, 0.3) is 0 Å². The molecular formula is C36H59N5O7S. The van der Waals surface area contributed by atoms with Gasteiger partial charge in [0, 0.05) is 19.5 Å². The lowest BCUT2D eigenvalue weighted by molar-refractivity contribution is -0.145. The number of piperidine rings is 1. The van der Waals surface area contributed by atoms with Crippen molar-refractivity contribution in [2.45, 2.75) is 142 Å². The van der Waals surface area contributed by atoms with E-state index in [1.165, 1.54) is 4.90 Å². The van der Waals surface area contributed by atoms with Gasteiger partial charge in [-0.25, -0.2) is 13.2 Å². The molecule has 0 bridgehead atoms. The van der Waals surface area contributed by atoms with Gasteiger partial charge in [-0.2, -0.15) is 0 Å². The van der Waals surface area contributed by atoms with Crippen LogP contribution in [0.2, 0.25) is 0 Å². The molecule has 3 aliphatic rings. The maximum atomic E-state index is 14.4. The van der Waals surface area contributed by atoms with Gasteiger partial charge in [0.1, 0.15) is 12.1 Å². The number of carbonyl (C=O) groups is 5. The Labute approximate surface area is 293 Å². The lowest BCUT2D eigenvalue weighted by Gasteiger charge is -2.41. The number of hydrogen-bond donors (Lipinski definition) is 4. The number of amides is 5. The van der Waals surface area contributed by atoms with Crippen LogP contribution < -0.4 is 21.3 Å². The molecule has 3 rings (SSSR count). The summed E-state index contributed by atoms with van der Waals surface area (Å²) >= 11 is 0. The monoisotopic (exact) mass is 705 g/mol. The van der Waals surface area contributed by atoms with Crippen molar-refractivity contribution in [3.8, 4) is 12.3 Å². The Balaban J connectivity index is 1.86. The minimum Gasteiger partial charge on any atom is -0.349 e. The Kier molecular flexibility index (Phi) is 12.3. The van der Waals surface area contributed by atoms with Gasteiger partial charge in [0.25, 0.3) is 5.91 Å². The number of ketones is 1. The molecule has 1 aliphatic heterocycles. The minimum atomic E-state index is -3.57. The van der Waals surface area contributed by atoms with E-state index in [1.807, 2.05) is 41.5 Å². The first-order valence-corrected chi connectivity index (χ1v) is 19.4. The third-order valence-corrected chi connectivity index (χ3v) is 13.5. The first-order valence-electron chi connectivity index (χ1n) is 17.7. The highest BCUT2D eigenvalue weighted by Gasteiger charge is 2.70. The van der Waals surface area contributed by atoms with E-state index in [4.69, 9.17) is 6.42 Å². The molecule has 0 spiro atoms. The summed E-state index contributed by atoms with van der Waals surface area (Å²) < 4.78 is 25.6. The van der Waals surface area contributed by atoms with Crippen LogP contribution in [0.1, 0.15) is 114 Å². The number of likely N-dealkylation sites (tertiary alicyclic amines) is 1. The molecule has 2 saturated carbocycles. The molecule has 5 atom stereocenters. The largest absolute Gasteiger partial charge is 0.349 e. The summed E-state index contributed by atoms with van der Waals surface area (Å²) in [6, 6.07) is -3.77. The van der Waals surface area contributed by atoms with Gasteiger partial charge in [-0.3, -0.25) is 19.2 Å². The molecule has 0 aromatic carbocycles. The summed E-state index contributed by atoms with van der Waals surface area (Å²) in [5.41, 5.74) is -1.98. The number of carbonyl (C=O) groups excluding carboxylic acids is 5. The van der Waals surface area contributed by atoms with Crippen molar-refractivity contribution in [2.75, 3.05) is 18.8 Å². The van der Waals surface area contributed by atoms with Crippen LogP contribution in [0, 0.1) is 35.0 Å². The Morgan fingerprint density at radius 1 is 0.980 bits per heavy atom. The van der Waals surface area contributed by atoms with E-state index in [0.717, 1.165) is 19.3 Å². The molecule has 1 unspecified atom stereocenters. The van der Waals surface area contributed by atoms with Crippen LogP contribution in [0.5, 0.6) is 0 Å². The first kappa shape index (κ1) is 40.3. The van der Waals surface area contributed by atoms with Gasteiger partial charge >= 0.3 is 6.03 Å². The average molecular weight is 706 g/mol. The van der Waals surface area contributed by atoms with Crippen LogP contribution in [0.4, 0.5) is 4.79 Å². The zero-order chi connectivity index (χ0) is 37.2. The molecule has 276 valence electrons. The molecule has 3 fully saturated rings. The highest BCUT2D eigenvalue weighted by atomic mass is 32.2. The molecular weight excluding hydrogens is 646 g/mol.